The summed E-state index contributed by atoms with van der Waals surface area (Å²) < 4.78 is 1.04. The first-order chi connectivity index (χ1) is 7.04. The predicted octanol–water partition coefficient (Wildman–Crippen LogP) is 2.32. The molecule has 2 amide bonds. The van der Waals surface area contributed by atoms with Crippen LogP contribution in [-0.4, -0.2) is 24.5 Å². The van der Waals surface area contributed by atoms with Crippen LogP contribution >= 0.6 is 15.9 Å². The van der Waals surface area contributed by atoms with E-state index >= 15 is 0 Å². The Kier molecular flexibility index (Phi) is 2.46. The lowest BCUT2D eigenvalue weighted by Gasteiger charge is -2.31. The number of halogens is 1. The lowest BCUT2D eigenvalue weighted by Crippen LogP contribution is -2.39. The third kappa shape index (κ3) is 1.63. The van der Waals surface area contributed by atoms with Crippen LogP contribution in [0.25, 0.3) is 0 Å². The lowest BCUT2D eigenvalue weighted by atomic mass is 9.92. The summed E-state index contributed by atoms with van der Waals surface area (Å²) >= 11 is 3.44. The zero-order valence-electron chi connectivity index (χ0n) is 8.75. The van der Waals surface area contributed by atoms with Gasteiger partial charge in [0.05, 0.1) is 5.54 Å². The van der Waals surface area contributed by atoms with Crippen molar-refractivity contribution >= 4 is 22.0 Å². The number of hydrogen-bond donors (Lipinski definition) is 1. The normalized spacial score (nSPS) is 25.5. The summed E-state index contributed by atoms with van der Waals surface area (Å²) in [5.74, 6) is 0. The Labute approximate surface area is 97.6 Å². The van der Waals surface area contributed by atoms with E-state index in [1.165, 1.54) is 0 Å². The molecule has 80 valence electrons. The molecule has 0 aliphatic carbocycles. The Morgan fingerprint density at radius 1 is 1.53 bits per heavy atom. The van der Waals surface area contributed by atoms with Crippen LogP contribution in [0.5, 0.6) is 0 Å². The highest BCUT2D eigenvalue weighted by atomic mass is 79.9. The van der Waals surface area contributed by atoms with Gasteiger partial charge in [-0.05, 0) is 24.6 Å². The number of nitrogens with zero attached hydrogens (tertiary/aromatic N) is 1. The minimum Gasteiger partial charge on any atom is -0.335 e. The van der Waals surface area contributed by atoms with Gasteiger partial charge in [-0.3, -0.25) is 0 Å². The van der Waals surface area contributed by atoms with Crippen LogP contribution in [0.1, 0.15) is 12.5 Å². The van der Waals surface area contributed by atoms with Crippen molar-refractivity contribution in [3.05, 3.63) is 34.3 Å². The van der Waals surface area contributed by atoms with E-state index in [0.29, 0.717) is 6.54 Å². The Morgan fingerprint density at radius 2 is 2.27 bits per heavy atom. The van der Waals surface area contributed by atoms with E-state index in [1.54, 1.807) is 4.90 Å². The molecule has 1 aromatic carbocycles. The van der Waals surface area contributed by atoms with E-state index in [1.807, 2.05) is 25.2 Å². The number of rotatable bonds is 1. The molecule has 1 atom stereocenters. The molecule has 0 radical (unpaired) electrons. The molecule has 1 saturated heterocycles. The summed E-state index contributed by atoms with van der Waals surface area (Å²) in [6.45, 7) is 2.71. The number of likely N-dealkylation sites (N-methyl/N-ethyl adjacent to an activating group) is 1. The van der Waals surface area contributed by atoms with Gasteiger partial charge in [0, 0.05) is 18.1 Å². The van der Waals surface area contributed by atoms with E-state index in [2.05, 4.69) is 34.2 Å². The van der Waals surface area contributed by atoms with Gasteiger partial charge in [-0.1, -0.05) is 28.1 Å². The molecule has 15 heavy (non-hydrogen) atoms. The quantitative estimate of drug-likeness (QED) is 0.833. The second kappa shape index (κ2) is 3.52. The molecular weight excluding hydrogens is 256 g/mol. The third-order valence-electron chi connectivity index (χ3n) is 3.08. The van der Waals surface area contributed by atoms with Gasteiger partial charge in [-0.25, -0.2) is 4.79 Å². The highest BCUT2D eigenvalue weighted by molar-refractivity contribution is 9.10. The molecule has 1 N–H and O–H groups in total. The molecular formula is C11H13BrN2O. The molecule has 1 heterocycles. The fourth-order valence-electron chi connectivity index (χ4n) is 1.83. The zero-order chi connectivity index (χ0) is 11.1. The minimum absolute atomic E-state index is 0.0162. The molecule has 0 spiro atoms. The predicted molar refractivity (Wildman–Crippen MR) is 62.7 cm³/mol. The maximum Gasteiger partial charge on any atom is 0.318 e. The van der Waals surface area contributed by atoms with Gasteiger partial charge in [-0.15, -0.1) is 0 Å². The molecule has 0 aromatic heterocycles. The molecule has 1 fully saturated rings. The lowest BCUT2D eigenvalue weighted by molar-refractivity contribution is 0.189. The summed E-state index contributed by atoms with van der Waals surface area (Å²) in [5, 5.41) is 2.85. The maximum absolute atomic E-state index is 11.5. The van der Waals surface area contributed by atoms with Gasteiger partial charge in [0.2, 0.25) is 0 Å². The van der Waals surface area contributed by atoms with E-state index in [0.717, 1.165) is 10.0 Å². The second-order valence-corrected chi connectivity index (χ2v) is 4.92. The monoisotopic (exact) mass is 268 g/mol. The fourth-order valence-corrected chi connectivity index (χ4v) is 2.23. The Balaban J connectivity index is 2.42. The van der Waals surface area contributed by atoms with Crippen LogP contribution in [0, 0.1) is 0 Å². The molecule has 1 aliphatic rings. The van der Waals surface area contributed by atoms with Gasteiger partial charge in [0.25, 0.3) is 0 Å². The van der Waals surface area contributed by atoms with Crippen molar-refractivity contribution in [3.63, 3.8) is 0 Å². The summed E-state index contributed by atoms with van der Waals surface area (Å²) in [5.41, 5.74) is 0.888. The molecule has 4 heteroatoms. The van der Waals surface area contributed by atoms with Crippen LogP contribution in [0.3, 0.4) is 0 Å². The van der Waals surface area contributed by atoms with E-state index in [-0.39, 0.29) is 11.6 Å². The van der Waals surface area contributed by atoms with E-state index in [9.17, 15) is 4.79 Å². The first-order valence-corrected chi connectivity index (χ1v) is 5.61. The van der Waals surface area contributed by atoms with Gasteiger partial charge < -0.3 is 10.2 Å². The summed E-state index contributed by atoms with van der Waals surface area (Å²) in [6.07, 6.45) is 0. The molecule has 0 saturated carbocycles. The van der Waals surface area contributed by atoms with Crippen molar-refractivity contribution in [1.82, 2.24) is 10.2 Å². The Morgan fingerprint density at radius 3 is 2.80 bits per heavy atom. The maximum atomic E-state index is 11.5. The molecule has 3 nitrogen and oxygen atoms in total. The zero-order valence-corrected chi connectivity index (χ0v) is 10.3. The molecule has 2 rings (SSSR count). The van der Waals surface area contributed by atoms with Gasteiger partial charge >= 0.3 is 6.03 Å². The molecule has 1 unspecified atom stereocenters. The standard InChI is InChI=1S/C11H13BrN2O/c1-11(7-13-10(15)14(11)2)8-4-3-5-9(12)6-8/h3-6H,7H2,1-2H3,(H,13,15). The number of carbonyl (C=O) groups is 1. The number of urea groups is 1. The largest absolute Gasteiger partial charge is 0.335 e. The fraction of sp³-hybridized carbons (Fsp3) is 0.364. The smallest absolute Gasteiger partial charge is 0.318 e. The average Bonchev–Trinajstić information content (AvgIpc) is 2.48. The highest BCUT2D eigenvalue weighted by Crippen LogP contribution is 2.31. The van der Waals surface area contributed by atoms with Crippen LogP contribution in [-0.2, 0) is 5.54 Å². The van der Waals surface area contributed by atoms with Gasteiger partial charge in [0.15, 0.2) is 0 Å². The van der Waals surface area contributed by atoms with Crippen LogP contribution in [0.2, 0.25) is 0 Å². The van der Waals surface area contributed by atoms with Crippen LogP contribution in [0.15, 0.2) is 28.7 Å². The van der Waals surface area contributed by atoms with Crippen molar-refractivity contribution in [3.8, 4) is 0 Å². The minimum atomic E-state index is -0.249. The number of hydrogen-bond acceptors (Lipinski definition) is 1. The van der Waals surface area contributed by atoms with Crippen molar-refractivity contribution in [2.24, 2.45) is 0 Å². The van der Waals surface area contributed by atoms with Crippen molar-refractivity contribution in [1.29, 1.82) is 0 Å². The topological polar surface area (TPSA) is 32.3 Å². The second-order valence-electron chi connectivity index (χ2n) is 4.00. The first-order valence-electron chi connectivity index (χ1n) is 4.82. The van der Waals surface area contributed by atoms with E-state index < -0.39 is 0 Å². The molecule has 1 aromatic rings. The first kappa shape index (κ1) is 10.5. The average molecular weight is 269 g/mol. The van der Waals surface area contributed by atoms with Crippen molar-refractivity contribution < 1.29 is 4.79 Å². The summed E-state index contributed by atoms with van der Waals surface area (Å²) in [6, 6.07) is 8.05. The SMILES string of the molecule is CN1C(=O)NCC1(C)c1cccc(Br)c1. The third-order valence-corrected chi connectivity index (χ3v) is 3.57. The van der Waals surface area contributed by atoms with Crippen LogP contribution in [0.4, 0.5) is 4.79 Å². The number of amides is 2. The number of benzene rings is 1. The van der Waals surface area contributed by atoms with Crippen molar-refractivity contribution in [2.45, 2.75) is 12.5 Å². The summed E-state index contributed by atoms with van der Waals surface area (Å²) in [4.78, 5) is 13.2. The number of carbonyl (C=O) groups excluding carboxylic acids is 1. The van der Waals surface area contributed by atoms with Gasteiger partial charge in [-0.2, -0.15) is 0 Å². The summed E-state index contributed by atoms with van der Waals surface area (Å²) in [7, 11) is 1.82. The Bertz CT molecular complexity index is 407. The van der Waals surface area contributed by atoms with E-state index in [4.69, 9.17) is 0 Å². The molecule has 1 aliphatic heterocycles. The van der Waals surface area contributed by atoms with Gasteiger partial charge in [0.1, 0.15) is 0 Å². The number of nitrogens with one attached hydrogen (secondary N) is 1. The highest BCUT2D eigenvalue weighted by Gasteiger charge is 2.40. The van der Waals surface area contributed by atoms with Crippen molar-refractivity contribution in [2.75, 3.05) is 13.6 Å². The Hall–Kier alpha value is -1.03. The van der Waals surface area contributed by atoms with Crippen LogP contribution < -0.4 is 5.32 Å². The molecule has 0 bridgehead atoms.